The molecule has 1 aromatic heterocycles. The SMILES string of the molecule is NCC12CCC(OCc3ccccc3)(C(F)(F)F)CC1CCCc1cc3c(cnn3-c3ccc(F)cc3)cc12. The Morgan fingerprint density at radius 2 is 1.79 bits per heavy atom. The Labute approximate surface area is 224 Å². The second-order valence-electron chi connectivity index (χ2n) is 11.0. The van der Waals surface area contributed by atoms with Gasteiger partial charge in [-0.3, -0.25) is 0 Å². The minimum Gasteiger partial charge on any atom is -0.361 e. The van der Waals surface area contributed by atoms with Gasteiger partial charge in [0.25, 0.3) is 0 Å². The Hall–Kier alpha value is -3.23. The zero-order valence-corrected chi connectivity index (χ0v) is 21.6. The Kier molecular flexibility index (Phi) is 6.50. The lowest BCUT2D eigenvalue weighted by atomic mass is 9.57. The van der Waals surface area contributed by atoms with Crippen LogP contribution in [0.4, 0.5) is 17.6 Å². The second-order valence-corrected chi connectivity index (χ2v) is 11.0. The lowest BCUT2D eigenvalue weighted by Crippen LogP contribution is -2.58. The third kappa shape index (κ3) is 4.43. The van der Waals surface area contributed by atoms with E-state index in [9.17, 15) is 17.6 Å². The molecular weight excluding hydrogens is 506 g/mol. The van der Waals surface area contributed by atoms with Crippen LogP contribution in [0.25, 0.3) is 16.6 Å². The first-order valence-corrected chi connectivity index (χ1v) is 13.5. The Morgan fingerprint density at radius 1 is 1.03 bits per heavy atom. The molecule has 2 N–H and O–H groups in total. The molecule has 0 radical (unpaired) electrons. The summed E-state index contributed by atoms with van der Waals surface area (Å²) in [7, 11) is 0. The third-order valence-corrected chi connectivity index (χ3v) is 8.97. The predicted molar refractivity (Wildman–Crippen MR) is 142 cm³/mol. The van der Waals surface area contributed by atoms with E-state index in [1.54, 1.807) is 47.3 Å². The molecule has 1 fully saturated rings. The molecule has 0 spiro atoms. The van der Waals surface area contributed by atoms with Gasteiger partial charge in [-0.15, -0.1) is 0 Å². The predicted octanol–water partition coefficient (Wildman–Crippen LogP) is 7.02. The van der Waals surface area contributed by atoms with Crippen molar-refractivity contribution < 1.29 is 22.3 Å². The maximum Gasteiger partial charge on any atom is 0.417 e. The van der Waals surface area contributed by atoms with Gasteiger partial charge in [-0.25, -0.2) is 9.07 Å². The summed E-state index contributed by atoms with van der Waals surface area (Å²) in [5, 5.41) is 5.43. The molecule has 0 bridgehead atoms. The monoisotopic (exact) mass is 537 g/mol. The van der Waals surface area contributed by atoms with Crippen molar-refractivity contribution in [3.63, 3.8) is 0 Å². The number of alkyl halides is 3. The molecule has 6 rings (SSSR count). The second kappa shape index (κ2) is 9.75. The van der Waals surface area contributed by atoms with E-state index < -0.39 is 17.2 Å². The molecule has 2 aliphatic carbocycles. The number of rotatable bonds is 5. The van der Waals surface area contributed by atoms with Gasteiger partial charge in [0.15, 0.2) is 5.60 Å². The van der Waals surface area contributed by atoms with E-state index in [2.05, 4.69) is 17.2 Å². The number of ether oxygens (including phenoxy) is 1. The number of aryl methyl sites for hydroxylation is 1. The van der Waals surface area contributed by atoms with E-state index in [0.29, 0.717) is 12.8 Å². The molecule has 3 aromatic carbocycles. The molecule has 39 heavy (non-hydrogen) atoms. The molecule has 4 nitrogen and oxygen atoms in total. The number of aromatic nitrogens is 2. The summed E-state index contributed by atoms with van der Waals surface area (Å²) in [6, 6.07) is 19.4. The normalized spacial score (nSPS) is 25.2. The van der Waals surface area contributed by atoms with Gasteiger partial charge in [0, 0.05) is 17.3 Å². The zero-order valence-electron chi connectivity index (χ0n) is 21.6. The number of hydrogen-bond acceptors (Lipinski definition) is 3. The van der Waals surface area contributed by atoms with Crippen molar-refractivity contribution in [1.29, 1.82) is 0 Å². The first-order chi connectivity index (χ1) is 18.7. The molecule has 204 valence electrons. The van der Waals surface area contributed by atoms with Gasteiger partial charge in [-0.05, 0) is 97.5 Å². The molecule has 2 aliphatic rings. The Bertz CT molecular complexity index is 1470. The molecule has 1 heterocycles. The van der Waals surface area contributed by atoms with Crippen LogP contribution in [0.15, 0.2) is 72.9 Å². The van der Waals surface area contributed by atoms with Crippen molar-refractivity contribution in [1.82, 2.24) is 9.78 Å². The molecular formula is C31H31F4N3O. The minimum atomic E-state index is -4.49. The van der Waals surface area contributed by atoms with Crippen molar-refractivity contribution in [2.24, 2.45) is 11.7 Å². The summed E-state index contributed by atoms with van der Waals surface area (Å²) in [4.78, 5) is 0. The van der Waals surface area contributed by atoms with Gasteiger partial charge < -0.3 is 10.5 Å². The van der Waals surface area contributed by atoms with Gasteiger partial charge in [0.05, 0.1) is 24.0 Å². The van der Waals surface area contributed by atoms with E-state index >= 15 is 0 Å². The van der Waals surface area contributed by atoms with Crippen molar-refractivity contribution in [2.45, 2.75) is 62.3 Å². The first-order valence-electron chi connectivity index (χ1n) is 13.5. The summed E-state index contributed by atoms with van der Waals surface area (Å²) in [5.74, 6) is -0.584. The molecule has 0 saturated heterocycles. The van der Waals surface area contributed by atoms with Gasteiger partial charge >= 0.3 is 6.18 Å². The molecule has 1 saturated carbocycles. The first kappa shape index (κ1) is 26.0. The molecule has 3 unspecified atom stereocenters. The van der Waals surface area contributed by atoms with Crippen LogP contribution < -0.4 is 5.73 Å². The van der Waals surface area contributed by atoms with Gasteiger partial charge in [0.1, 0.15) is 5.82 Å². The highest BCUT2D eigenvalue weighted by atomic mass is 19.4. The number of hydrogen-bond donors (Lipinski definition) is 1. The van der Waals surface area contributed by atoms with Gasteiger partial charge in [0.2, 0.25) is 0 Å². The van der Waals surface area contributed by atoms with Crippen molar-refractivity contribution in [3.8, 4) is 5.69 Å². The number of nitrogens with two attached hydrogens (primary N) is 1. The van der Waals surface area contributed by atoms with Gasteiger partial charge in [-0.1, -0.05) is 30.3 Å². The highest BCUT2D eigenvalue weighted by Crippen LogP contribution is 2.56. The van der Waals surface area contributed by atoms with Crippen LogP contribution in [0.5, 0.6) is 0 Å². The highest BCUT2D eigenvalue weighted by Gasteiger charge is 2.62. The fraction of sp³-hybridized carbons (Fsp3) is 0.387. The van der Waals surface area contributed by atoms with E-state index in [1.165, 1.54) is 12.1 Å². The zero-order chi connectivity index (χ0) is 27.3. The van der Waals surface area contributed by atoms with Crippen molar-refractivity contribution in [2.75, 3.05) is 6.54 Å². The molecule has 0 aliphatic heterocycles. The Morgan fingerprint density at radius 3 is 2.51 bits per heavy atom. The summed E-state index contributed by atoms with van der Waals surface area (Å²) in [5.41, 5.74) is 8.20. The van der Waals surface area contributed by atoms with Crippen LogP contribution in [0.3, 0.4) is 0 Å². The van der Waals surface area contributed by atoms with E-state index in [1.807, 2.05) is 6.07 Å². The summed E-state index contributed by atoms with van der Waals surface area (Å²) >= 11 is 0. The summed E-state index contributed by atoms with van der Waals surface area (Å²) in [6.07, 6.45) is -0.501. The molecule has 4 aromatic rings. The summed E-state index contributed by atoms with van der Waals surface area (Å²) in [6.45, 7) is 0.192. The van der Waals surface area contributed by atoms with E-state index in [0.717, 1.165) is 46.1 Å². The lowest BCUT2D eigenvalue weighted by molar-refractivity contribution is -0.300. The fourth-order valence-corrected chi connectivity index (χ4v) is 6.82. The third-order valence-electron chi connectivity index (χ3n) is 8.97. The van der Waals surface area contributed by atoms with Crippen LogP contribution >= 0.6 is 0 Å². The average molecular weight is 538 g/mol. The lowest BCUT2D eigenvalue weighted by Gasteiger charge is -2.51. The number of fused-ring (bicyclic) bond motifs is 4. The molecule has 0 amide bonds. The maximum absolute atomic E-state index is 14.7. The average Bonchev–Trinajstić information content (AvgIpc) is 3.28. The smallest absolute Gasteiger partial charge is 0.361 e. The van der Waals surface area contributed by atoms with Crippen LogP contribution in [0.1, 0.15) is 48.8 Å². The van der Waals surface area contributed by atoms with Crippen molar-refractivity contribution >= 4 is 10.9 Å². The van der Waals surface area contributed by atoms with Crippen LogP contribution in [0, 0.1) is 11.7 Å². The number of benzene rings is 3. The fourth-order valence-electron chi connectivity index (χ4n) is 6.82. The number of halogens is 4. The largest absolute Gasteiger partial charge is 0.417 e. The summed E-state index contributed by atoms with van der Waals surface area (Å²) < 4.78 is 65.2. The number of nitrogens with zero attached hydrogens (tertiary/aromatic N) is 2. The van der Waals surface area contributed by atoms with Crippen LogP contribution in [-0.4, -0.2) is 28.1 Å². The highest BCUT2D eigenvalue weighted by molar-refractivity contribution is 5.82. The van der Waals surface area contributed by atoms with E-state index in [-0.39, 0.29) is 37.7 Å². The standard InChI is InChI=1S/C31H31F4N3O/c32-25-9-11-26(12-10-25)38-28-16-22-7-4-8-24-17-30(31(33,34)35,39-19-21-5-2-1-3-6-21)14-13-29(24,20-36)27(22)15-23(28)18-37-38/h1-3,5-6,9-12,15-16,18,24H,4,7-8,13-14,17,19-20,36H2. The Balaban J connectivity index is 1.37. The molecule has 3 atom stereocenters. The van der Waals surface area contributed by atoms with Crippen LogP contribution in [-0.2, 0) is 23.2 Å². The maximum atomic E-state index is 14.7. The van der Waals surface area contributed by atoms with Crippen LogP contribution in [0.2, 0.25) is 0 Å². The quantitative estimate of drug-likeness (QED) is 0.279. The van der Waals surface area contributed by atoms with Gasteiger partial charge in [-0.2, -0.15) is 18.3 Å². The van der Waals surface area contributed by atoms with E-state index in [4.69, 9.17) is 10.5 Å². The topological polar surface area (TPSA) is 53.1 Å². The molecule has 8 heteroatoms. The van der Waals surface area contributed by atoms with Crippen molar-refractivity contribution in [3.05, 3.63) is 95.4 Å². The minimum absolute atomic E-state index is 0.0809.